The number of ether oxygens (including phenoxy) is 2. The first kappa shape index (κ1) is 23.6. The molecule has 1 aromatic heterocycles. The quantitative estimate of drug-likeness (QED) is 0.534. The Balaban J connectivity index is 1.55. The number of fused-ring (bicyclic) bond motifs is 1. The van der Waals surface area contributed by atoms with E-state index in [1.165, 1.54) is 28.8 Å². The Bertz CT molecular complexity index is 1410. The minimum absolute atomic E-state index is 0.0874. The maximum atomic E-state index is 13.8. The van der Waals surface area contributed by atoms with Crippen molar-refractivity contribution >= 4 is 11.9 Å². The number of hydrogen-bond acceptors (Lipinski definition) is 6. The largest absolute Gasteiger partial charge is 0.473 e. The Morgan fingerprint density at radius 1 is 1.17 bits per heavy atom. The van der Waals surface area contributed by atoms with Crippen LogP contribution in [0, 0.1) is 17.1 Å². The molecule has 0 saturated carbocycles. The van der Waals surface area contributed by atoms with Crippen molar-refractivity contribution < 1.29 is 36.9 Å². The van der Waals surface area contributed by atoms with Gasteiger partial charge >= 0.3 is 18.0 Å². The number of aromatic nitrogens is 2. The van der Waals surface area contributed by atoms with Crippen molar-refractivity contribution in [3.8, 4) is 23.4 Å². The highest BCUT2D eigenvalue weighted by molar-refractivity contribution is 5.85. The van der Waals surface area contributed by atoms with E-state index in [4.69, 9.17) is 9.47 Å². The first-order chi connectivity index (χ1) is 16.6. The van der Waals surface area contributed by atoms with Gasteiger partial charge in [0.25, 0.3) is 0 Å². The van der Waals surface area contributed by atoms with Crippen LogP contribution in [0.2, 0.25) is 0 Å². The topological polar surface area (TPSA) is 118 Å². The predicted molar refractivity (Wildman–Crippen MR) is 111 cm³/mol. The molecule has 2 aromatic carbocycles. The van der Waals surface area contributed by atoms with Crippen molar-refractivity contribution in [1.82, 2.24) is 9.55 Å². The molecular weight excluding hydrogens is 476 g/mol. The number of carboxylic acid groups (broad SMARTS) is 1. The smallest absolute Gasteiger partial charge is 0.422 e. The summed E-state index contributed by atoms with van der Waals surface area (Å²) in [4.78, 5) is 28.2. The molecule has 9 nitrogen and oxygen atoms in total. The number of hydrogen-bond donors (Lipinski definition) is 1. The summed E-state index contributed by atoms with van der Waals surface area (Å²) in [5.41, 5.74) is -2.07. The number of nitriles is 1. The summed E-state index contributed by atoms with van der Waals surface area (Å²) >= 11 is 0. The Morgan fingerprint density at radius 2 is 1.94 bits per heavy atom. The van der Waals surface area contributed by atoms with Crippen LogP contribution in [0.5, 0.6) is 17.4 Å². The molecule has 0 unspecified atom stereocenters. The molecule has 0 fully saturated rings. The second kappa shape index (κ2) is 8.98. The van der Waals surface area contributed by atoms with Crippen molar-refractivity contribution in [2.45, 2.75) is 19.3 Å². The van der Waals surface area contributed by atoms with E-state index in [2.05, 4.69) is 4.98 Å². The molecule has 1 aliphatic rings. The number of carbonyl (C=O) groups is 1. The highest BCUT2D eigenvalue weighted by Gasteiger charge is 2.38. The van der Waals surface area contributed by atoms with Crippen molar-refractivity contribution in [2.75, 3.05) is 11.4 Å². The van der Waals surface area contributed by atoms with Crippen LogP contribution in [0.15, 0.2) is 47.3 Å². The van der Waals surface area contributed by atoms with E-state index in [9.17, 15) is 37.5 Å². The van der Waals surface area contributed by atoms with Crippen LogP contribution in [0.1, 0.15) is 16.7 Å². The first-order valence-electron chi connectivity index (χ1n) is 9.90. The number of alkyl halides is 3. The summed E-state index contributed by atoms with van der Waals surface area (Å²) in [6.45, 7) is 0.0395. The number of halogens is 4. The average molecular weight is 490 g/mol. The standard InChI is InChI=1S/C22H14F4N4O5/c23-14-2-1-3-16(19(14)22(24,25)26)35-15-5-4-12(8-13(15)10-27)11-34-17-9-18-29(20(31)28-17)6-7-30(18)21(32)33/h1-5,8-9H,6-7,11H2,(H,32,33). The maximum Gasteiger partial charge on any atom is 0.422 e. The molecule has 13 heteroatoms. The Morgan fingerprint density at radius 3 is 2.63 bits per heavy atom. The summed E-state index contributed by atoms with van der Waals surface area (Å²) in [6.07, 6.45) is -6.26. The second-order valence-corrected chi connectivity index (χ2v) is 7.26. The number of rotatable bonds is 5. The molecule has 0 radical (unpaired) electrons. The second-order valence-electron chi connectivity index (χ2n) is 7.26. The summed E-state index contributed by atoms with van der Waals surface area (Å²) < 4.78 is 65.4. The third kappa shape index (κ3) is 4.72. The lowest BCUT2D eigenvalue weighted by molar-refractivity contribution is -0.141. The fourth-order valence-corrected chi connectivity index (χ4v) is 3.47. The van der Waals surface area contributed by atoms with Crippen LogP contribution in [-0.2, 0) is 19.3 Å². The van der Waals surface area contributed by atoms with Crippen LogP contribution in [0.4, 0.5) is 28.2 Å². The van der Waals surface area contributed by atoms with Crippen molar-refractivity contribution in [3.05, 3.63) is 75.5 Å². The van der Waals surface area contributed by atoms with Crippen LogP contribution in [0.3, 0.4) is 0 Å². The molecule has 3 aromatic rings. The van der Waals surface area contributed by atoms with Crippen LogP contribution in [-0.4, -0.2) is 27.3 Å². The van der Waals surface area contributed by atoms with Crippen molar-refractivity contribution in [1.29, 1.82) is 5.26 Å². The number of amides is 1. The van der Waals surface area contributed by atoms with E-state index in [1.54, 1.807) is 6.07 Å². The molecule has 0 bridgehead atoms. The van der Waals surface area contributed by atoms with Gasteiger partial charge in [-0.1, -0.05) is 12.1 Å². The van der Waals surface area contributed by atoms with E-state index in [0.717, 1.165) is 17.0 Å². The minimum Gasteiger partial charge on any atom is -0.473 e. The Labute approximate surface area is 194 Å². The van der Waals surface area contributed by atoms with E-state index in [0.29, 0.717) is 11.6 Å². The van der Waals surface area contributed by atoms with Gasteiger partial charge in [0.1, 0.15) is 41.4 Å². The Hall–Kier alpha value is -4.60. The highest BCUT2D eigenvalue weighted by atomic mass is 19.4. The molecule has 1 aliphatic heterocycles. The van der Waals surface area contributed by atoms with Crippen molar-refractivity contribution in [2.24, 2.45) is 0 Å². The molecule has 0 spiro atoms. The van der Waals surface area contributed by atoms with Gasteiger partial charge in [-0.2, -0.15) is 23.4 Å². The van der Waals surface area contributed by atoms with Gasteiger partial charge < -0.3 is 14.6 Å². The Kier molecular flexibility index (Phi) is 6.04. The van der Waals surface area contributed by atoms with E-state index < -0.39 is 35.1 Å². The first-order valence-corrected chi connectivity index (χ1v) is 9.90. The summed E-state index contributed by atoms with van der Waals surface area (Å²) in [6, 6.07) is 9.61. The average Bonchev–Trinajstić information content (AvgIpc) is 3.22. The summed E-state index contributed by atoms with van der Waals surface area (Å²) in [5, 5.41) is 18.7. The zero-order valence-electron chi connectivity index (χ0n) is 17.5. The lowest BCUT2D eigenvalue weighted by atomic mass is 10.1. The zero-order chi connectivity index (χ0) is 25.3. The third-order valence-corrected chi connectivity index (χ3v) is 5.05. The zero-order valence-corrected chi connectivity index (χ0v) is 17.5. The van der Waals surface area contributed by atoms with Gasteiger partial charge in [0.2, 0.25) is 5.88 Å². The van der Waals surface area contributed by atoms with Gasteiger partial charge in [-0.3, -0.25) is 9.47 Å². The van der Waals surface area contributed by atoms with E-state index in [-0.39, 0.29) is 42.7 Å². The van der Waals surface area contributed by atoms with Gasteiger partial charge in [-0.05, 0) is 29.8 Å². The molecular formula is C22H14F4N4O5. The fraction of sp³-hybridized carbons (Fsp3) is 0.182. The minimum atomic E-state index is -5.01. The number of benzene rings is 2. The van der Waals surface area contributed by atoms with E-state index >= 15 is 0 Å². The highest BCUT2D eigenvalue weighted by Crippen LogP contribution is 2.40. The molecule has 180 valence electrons. The van der Waals surface area contributed by atoms with Crippen LogP contribution < -0.4 is 20.1 Å². The molecule has 2 heterocycles. The van der Waals surface area contributed by atoms with Crippen LogP contribution in [0.25, 0.3) is 0 Å². The van der Waals surface area contributed by atoms with Gasteiger partial charge in [-0.15, -0.1) is 0 Å². The molecule has 0 saturated heterocycles. The summed E-state index contributed by atoms with van der Waals surface area (Å²) in [7, 11) is 0. The lowest BCUT2D eigenvalue weighted by Crippen LogP contribution is -2.27. The predicted octanol–water partition coefficient (Wildman–Crippen LogP) is 4.14. The molecule has 1 amide bonds. The van der Waals surface area contributed by atoms with Crippen molar-refractivity contribution in [3.63, 3.8) is 0 Å². The normalized spacial score (nSPS) is 12.7. The van der Waals surface area contributed by atoms with E-state index in [1.807, 2.05) is 0 Å². The molecule has 0 aliphatic carbocycles. The molecule has 35 heavy (non-hydrogen) atoms. The SMILES string of the molecule is N#Cc1cc(COc2cc3n(c(=O)n2)CCN3C(=O)O)ccc1Oc1cccc(F)c1C(F)(F)F. The molecule has 0 atom stereocenters. The van der Waals surface area contributed by atoms with Gasteiger partial charge in [0, 0.05) is 19.2 Å². The fourth-order valence-electron chi connectivity index (χ4n) is 3.47. The van der Waals surface area contributed by atoms with Gasteiger partial charge in [0.05, 0.1) is 5.56 Å². The summed E-state index contributed by atoms with van der Waals surface area (Å²) in [5.74, 6) is -2.60. The van der Waals surface area contributed by atoms with Gasteiger partial charge in [-0.25, -0.2) is 14.0 Å². The lowest BCUT2D eigenvalue weighted by Gasteiger charge is -2.15. The number of nitrogens with zero attached hydrogens (tertiary/aromatic N) is 4. The number of anilines is 1. The molecule has 1 N–H and O–H groups in total. The van der Waals surface area contributed by atoms with Gasteiger partial charge in [0.15, 0.2) is 0 Å². The third-order valence-electron chi connectivity index (χ3n) is 5.05. The monoisotopic (exact) mass is 490 g/mol. The maximum absolute atomic E-state index is 13.8. The molecule has 4 rings (SSSR count). The van der Waals surface area contributed by atoms with Crippen LogP contribution >= 0.6 is 0 Å².